The standard InChI is InChI=1S/C18H32O16/c19-1-4-8(23)11(26)14(16(29)30-4)33-18-15(12(27)9(24)6(3-21)32-18)34-17-13(28)10(25)7(22)5(2-20)31-17/h4-29H,1-3H2/t4-,5-,6-,7-,8-,9-,10+,11+,12+,13+,14+,15+,16?,17-,18-/m0/s1. The van der Waals surface area contributed by atoms with Crippen molar-refractivity contribution in [3.8, 4) is 0 Å². The second-order valence-electron chi connectivity index (χ2n) is 8.33. The van der Waals surface area contributed by atoms with Crippen LogP contribution in [0.5, 0.6) is 0 Å². The smallest absolute Gasteiger partial charge is 0.187 e. The highest BCUT2D eigenvalue weighted by molar-refractivity contribution is 4.95. The molecule has 3 saturated heterocycles. The Kier molecular flexibility index (Phi) is 9.54. The van der Waals surface area contributed by atoms with E-state index in [9.17, 15) is 56.2 Å². The number of ether oxygens (including phenoxy) is 5. The third-order valence-corrected chi connectivity index (χ3v) is 6.10. The first kappa shape index (κ1) is 27.9. The molecule has 0 aromatic heterocycles. The van der Waals surface area contributed by atoms with Gasteiger partial charge in [0.2, 0.25) is 0 Å². The van der Waals surface area contributed by atoms with Gasteiger partial charge in [-0.1, -0.05) is 0 Å². The van der Waals surface area contributed by atoms with Crippen LogP contribution in [0, 0.1) is 0 Å². The molecular formula is C18H32O16. The van der Waals surface area contributed by atoms with Crippen molar-refractivity contribution < 1.29 is 79.9 Å². The molecule has 11 N–H and O–H groups in total. The predicted octanol–water partition coefficient (Wildman–Crippen LogP) is -7.57. The quantitative estimate of drug-likeness (QED) is 0.154. The molecule has 0 aromatic rings. The summed E-state index contributed by atoms with van der Waals surface area (Å²) in [5.41, 5.74) is 0. The van der Waals surface area contributed by atoms with Crippen molar-refractivity contribution in [2.45, 2.75) is 92.1 Å². The second-order valence-corrected chi connectivity index (χ2v) is 8.33. The summed E-state index contributed by atoms with van der Waals surface area (Å²) >= 11 is 0. The fourth-order valence-electron chi connectivity index (χ4n) is 4.02. The van der Waals surface area contributed by atoms with Crippen molar-refractivity contribution in [2.24, 2.45) is 0 Å². The van der Waals surface area contributed by atoms with Gasteiger partial charge in [0.05, 0.1) is 19.8 Å². The monoisotopic (exact) mass is 504 g/mol. The third kappa shape index (κ3) is 5.37. The van der Waals surface area contributed by atoms with Gasteiger partial charge in [0.1, 0.15) is 73.2 Å². The molecule has 0 bridgehead atoms. The Labute approximate surface area is 192 Å². The molecule has 200 valence electrons. The van der Waals surface area contributed by atoms with E-state index in [1.807, 2.05) is 0 Å². The van der Waals surface area contributed by atoms with E-state index in [4.69, 9.17) is 23.7 Å². The highest BCUT2D eigenvalue weighted by Gasteiger charge is 2.53. The van der Waals surface area contributed by atoms with E-state index in [1.165, 1.54) is 0 Å². The number of aliphatic hydroxyl groups is 11. The summed E-state index contributed by atoms with van der Waals surface area (Å²) < 4.78 is 26.5. The van der Waals surface area contributed by atoms with Crippen molar-refractivity contribution in [1.29, 1.82) is 0 Å². The van der Waals surface area contributed by atoms with Crippen LogP contribution >= 0.6 is 0 Å². The molecule has 3 aliphatic rings. The van der Waals surface area contributed by atoms with E-state index in [1.54, 1.807) is 0 Å². The summed E-state index contributed by atoms with van der Waals surface area (Å²) in [5, 5.41) is 109. The van der Waals surface area contributed by atoms with Crippen molar-refractivity contribution in [3.63, 3.8) is 0 Å². The minimum absolute atomic E-state index is 0.734. The maximum absolute atomic E-state index is 10.6. The highest BCUT2D eigenvalue weighted by Crippen LogP contribution is 2.32. The fraction of sp³-hybridized carbons (Fsp3) is 1.00. The largest absolute Gasteiger partial charge is 0.394 e. The Balaban J connectivity index is 1.82. The zero-order valence-corrected chi connectivity index (χ0v) is 17.7. The predicted molar refractivity (Wildman–Crippen MR) is 101 cm³/mol. The van der Waals surface area contributed by atoms with Crippen LogP contribution in [-0.2, 0) is 23.7 Å². The van der Waals surface area contributed by atoms with Gasteiger partial charge in [0.15, 0.2) is 18.9 Å². The minimum Gasteiger partial charge on any atom is -0.394 e. The molecule has 16 nitrogen and oxygen atoms in total. The molecule has 3 rings (SSSR count). The van der Waals surface area contributed by atoms with Gasteiger partial charge in [-0.3, -0.25) is 0 Å². The molecule has 3 heterocycles. The van der Waals surface area contributed by atoms with Crippen molar-refractivity contribution in [3.05, 3.63) is 0 Å². The summed E-state index contributed by atoms with van der Waals surface area (Å²) in [6.45, 7) is -2.31. The van der Waals surface area contributed by atoms with Gasteiger partial charge in [-0.05, 0) is 0 Å². The van der Waals surface area contributed by atoms with Crippen LogP contribution in [0.15, 0.2) is 0 Å². The average molecular weight is 504 g/mol. The average Bonchev–Trinajstić information content (AvgIpc) is 2.83. The molecule has 0 aromatic carbocycles. The van der Waals surface area contributed by atoms with Crippen LogP contribution in [0.25, 0.3) is 0 Å². The van der Waals surface area contributed by atoms with Crippen LogP contribution in [0.2, 0.25) is 0 Å². The van der Waals surface area contributed by atoms with E-state index < -0.39 is 112 Å². The van der Waals surface area contributed by atoms with Gasteiger partial charge in [0, 0.05) is 0 Å². The van der Waals surface area contributed by atoms with Gasteiger partial charge < -0.3 is 79.9 Å². The maximum Gasteiger partial charge on any atom is 0.187 e. The van der Waals surface area contributed by atoms with E-state index in [0.717, 1.165) is 0 Å². The molecule has 0 saturated carbocycles. The number of hydrogen-bond donors (Lipinski definition) is 11. The SMILES string of the molecule is OC[C@@H]1O[C@@H](O[C@H]2[C@H](O[C@H]3C(O)O[C@@H](CO)[C@H](O)[C@H]3O)O[C@@H](CO)[C@H](O)[C@H]2O)[C@H](O)[C@H](O)[C@H]1O. The molecule has 34 heavy (non-hydrogen) atoms. The Hall–Kier alpha value is -0.640. The lowest BCUT2D eigenvalue weighted by Gasteiger charge is -2.48. The maximum atomic E-state index is 10.6. The number of aliphatic hydroxyl groups excluding tert-OH is 11. The summed E-state index contributed by atoms with van der Waals surface area (Å²) in [7, 11) is 0. The van der Waals surface area contributed by atoms with Crippen LogP contribution in [0.1, 0.15) is 0 Å². The van der Waals surface area contributed by atoms with Crippen LogP contribution in [0.4, 0.5) is 0 Å². The molecule has 0 radical (unpaired) electrons. The van der Waals surface area contributed by atoms with Gasteiger partial charge in [0.25, 0.3) is 0 Å². The topological polar surface area (TPSA) is 269 Å². The number of hydrogen-bond acceptors (Lipinski definition) is 16. The molecule has 0 amide bonds. The lowest BCUT2D eigenvalue weighted by atomic mass is 9.96. The molecule has 15 atom stereocenters. The van der Waals surface area contributed by atoms with E-state index in [-0.39, 0.29) is 0 Å². The lowest BCUT2D eigenvalue weighted by Crippen LogP contribution is -2.66. The Morgan fingerprint density at radius 2 is 0.853 bits per heavy atom. The molecule has 0 aliphatic carbocycles. The summed E-state index contributed by atoms with van der Waals surface area (Å²) in [5.74, 6) is 0. The van der Waals surface area contributed by atoms with Crippen LogP contribution in [0.3, 0.4) is 0 Å². The van der Waals surface area contributed by atoms with E-state index in [2.05, 4.69) is 0 Å². The second kappa shape index (κ2) is 11.6. The van der Waals surface area contributed by atoms with Crippen LogP contribution in [-0.4, -0.2) is 168 Å². The fourth-order valence-corrected chi connectivity index (χ4v) is 4.02. The van der Waals surface area contributed by atoms with Gasteiger partial charge in [-0.15, -0.1) is 0 Å². The first-order valence-corrected chi connectivity index (χ1v) is 10.6. The Bertz CT molecular complexity index is 639. The zero-order valence-electron chi connectivity index (χ0n) is 17.7. The highest BCUT2D eigenvalue weighted by atomic mass is 16.8. The van der Waals surface area contributed by atoms with Gasteiger partial charge in [-0.25, -0.2) is 0 Å². The lowest BCUT2D eigenvalue weighted by molar-refractivity contribution is -0.391. The molecule has 3 fully saturated rings. The summed E-state index contributed by atoms with van der Waals surface area (Å²) in [6.07, 6.45) is -25.7. The first-order chi connectivity index (χ1) is 16.0. The minimum atomic E-state index is -1.90. The molecule has 3 aliphatic heterocycles. The van der Waals surface area contributed by atoms with Crippen molar-refractivity contribution in [2.75, 3.05) is 19.8 Å². The van der Waals surface area contributed by atoms with Crippen LogP contribution < -0.4 is 0 Å². The molecule has 16 heteroatoms. The first-order valence-electron chi connectivity index (χ1n) is 10.6. The molecule has 0 spiro atoms. The van der Waals surface area contributed by atoms with Crippen molar-refractivity contribution in [1.82, 2.24) is 0 Å². The number of rotatable bonds is 7. The molecular weight excluding hydrogens is 472 g/mol. The van der Waals surface area contributed by atoms with Gasteiger partial charge in [-0.2, -0.15) is 0 Å². The zero-order chi connectivity index (χ0) is 25.3. The summed E-state index contributed by atoms with van der Waals surface area (Å²) in [6, 6.07) is 0. The Morgan fingerprint density at radius 3 is 1.38 bits per heavy atom. The van der Waals surface area contributed by atoms with E-state index in [0.29, 0.717) is 0 Å². The Morgan fingerprint density at radius 1 is 0.441 bits per heavy atom. The van der Waals surface area contributed by atoms with Gasteiger partial charge >= 0.3 is 0 Å². The normalized spacial score (nSPS) is 52.5. The molecule has 1 unspecified atom stereocenters. The van der Waals surface area contributed by atoms with Crippen molar-refractivity contribution >= 4 is 0 Å². The van der Waals surface area contributed by atoms with E-state index >= 15 is 0 Å². The summed E-state index contributed by atoms with van der Waals surface area (Å²) in [4.78, 5) is 0. The third-order valence-electron chi connectivity index (χ3n) is 6.10.